The lowest BCUT2D eigenvalue weighted by Crippen LogP contribution is -2.34. The predicted octanol–water partition coefficient (Wildman–Crippen LogP) is 0.777. The maximum absolute atomic E-state index is 12.9. The summed E-state index contributed by atoms with van der Waals surface area (Å²) in [5, 5.41) is 14.5. The molecule has 0 unspecified atom stereocenters. The summed E-state index contributed by atoms with van der Waals surface area (Å²) < 4.78 is 3.13. The number of nitrogens with one attached hydrogen (secondary N) is 2. The van der Waals surface area contributed by atoms with Crippen LogP contribution in [0.3, 0.4) is 0 Å². The number of tetrazole rings is 1. The quantitative estimate of drug-likeness (QED) is 0.703. The Morgan fingerprint density at radius 2 is 2.08 bits per heavy atom. The van der Waals surface area contributed by atoms with Crippen molar-refractivity contribution in [1.82, 2.24) is 29.8 Å². The molecular formula is C16H18N8O2. The summed E-state index contributed by atoms with van der Waals surface area (Å²) in [6.07, 6.45) is 0. The summed E-state index contributed by atoms with van der Waals surface area (Å²) >= 11 is 0. The van der Waals surface area contributed by atoms with Crippen LogP contribution in [0.1, 0.15) is 19.9 Å². The molecule has 134 valence electrons. The van der Waals surface area contributed by atoms with Gasteiger partial charge < -0.3 is 15.2 Å². The Morgan fingerprint density at radius 3 is 2.85 bits per heavy atom. The van der Waals surface area contributed by atoms with E-state index in [9.17, 15) is 9.59 Å². The van der Waals surface area contributed by atoms with E-state index in [2.05, 4.69) is 25.8 Å². The van der Waals surface area contributed by atoms with Crippen LogP contribution in [0.4, 0.5) is 11.6 Å². The molecule has 2 aromatic heterocycles. The molecular weight excluding hydrogens is 336 g/mol. The van der Waals surface area contributed by atoms with Crippen molar-refractivity contribution in [2.45, 2.75) is 19.9 Å². The first-order chi connectivity index (χ1) is 12.4. The third-order valence-corrected chi connectivity index (χ3v) is 4.86. The first-order valence-corrected chi connectivity index (χ1v) is 8.11. The summed E-state index contributed by atoms with van der Waals surface area (Å²) in [5.74, 6) is 0.357. The van der Waals surface area contributed by atoms with E-state index < -0.39 is 0 Å². The highest BCUT2D eigenvalue weighted by molar-refractivity contribution is 6.06. The number of benzene rings is 1. The average molecular weight is 354 g/mol. The Balaban J connectivity index is 1.68. The van der Waals surface area contributed by atoms with Crippen LogP contribution in [0.5, 0.6) is 0 Å². The molecule has 0 fully saturated rings. The Morgan fingerprint density at radius 1 is 1.31 bits per heavy atom. The number of fused-ring (bicyclic) bond motifs is 2. The van der Waals surface area contributed by atoms with Crippen LogP contribution in [0.2, 0.25) is 0 Å². The zero-order chi connectivity index (χ0) is 18.6. The summed E-state index contributed by atoms with van der Waals surface area (Å²) in [7, 11) is 3.51. The standard InChI is InChI=1S/C16H18N8O2/c1-8-13(9(2)24-15(22(8)3)19-20-21-24)14(25)17-10-5-6-12-11(7-10)18-16(26)23(12)4/h5-7,9H,1-4H3,(H,17,25)(H,18,26)/t9-/m1/s1. The number of allylic oxidation sites excluding steroid dienone is 1. The number of hydrogen-bond acceptors (Lipinski definition) is 6. The smallest absolute Gasteiger partial charge is 0.322 e. The highest BCUT2D eigenvalue weighted by Crippen LogP contribution is 2.32. The number of anilines is 2. The molecule has 1 atom stereocenters. The van der Waals surface area contributed by atoms with Crippen LogP contribution in [-0.4, -0.2) is 42.7 Å². The summed E-state index contributed by atoms with van der Waals surface area (Å²) in [6, 6.07) is 5.00. The Kier molecular flexibility index (Phi) is 3.43. The number of imidazole rings is 1. The second-order valence-electron chi connectivity index (χ2n) is 6.33. The molecule has 0 saturated carbocycles. The molecule has 0 aliphatic carbocycles. The lowest BCUT2D eigenvalue weighted by atomic mass is 10.0. The summed E-state index contributed by atoms with van der Waals surface area (Å²) in [5.41, 5.74) is 3.20. The van der Waals surface area contributed by atoms with E-state index in [-0.39, 0.29) is 17.6 Å². The fourth-order valence-corrected chi connectivity index (χ4v) is 3.28. The van der Waals surface area contributed by atoms with Gasteiger partial charge in [0, 0.05) is 25.5 Å². The maximum Gasteiger partial charge on any atom is 0.326 e. The zero-order valence-corrected chi connectivity index (χ0v) is 14.8. The number of aromatic nitrogens is 6. The van der Waals surface area contributed by atoms with Crippen molar-refractivity contribution in [3.8, 4) is 0 Å². The Hall–Kier alpha value is -3.43. The molecule has 10 nitrogen and oxygen atoms in total. The van der Waals surface area contributed by atoms with Crippen LogP contribution in [0.25, 0.3) is 11.0 Å². The molecule has 0 bridgehead atoms. The van der Waals surface area contributed by atoms with Crippen molar-refractivity contribution < 1.29 is 4.79 Å². The van der Waals surface area contributed by atoms with Crippen LogP contribution >= 0.6 is 0 Å². The molecule has 3 heterocycles. The number of hydrogen-bond donors (Lipinski definition) is 2. The number of aromatic amines is 1. The number of carbonyl (C=O) groups is 1. The second kappa shape index (κ2) is 5.55. The fourth-order valence-electron chi connectivity index (χ4n) is 3.28. The highest BCUT2D eigenvalue weighted by Gasteiger charge is 2.32. The van der Waals surface area contributed by atoms with Crippen LogP contribution in [0.15, 0.2) is 34.3 Å². The van der Waals surface area contributed by atoms with E-state index in [1.165, 1.54) is 4.57 Å². The first-order valence-electron chi connectivity index (χ1n) is 8.11. The molecule has 10 heteroatoms. The van der Waals surface area contributed by atoms with E-state index in [4.69, 9.17) is 0 Å². The van der Waals surface area contributed by atoms with E-state index in [0.29, 0.717) is 22.7 Å². The normalized spacial score (nSPS) is 16.9. The summed E-state index contributed by atoms with van der Waals surface area (Å²) in [6.45, 7) is 3.74. The largest absolute Gasteiger partial charge is 0.326 e. The van der Waals surface area contributed by atoms with Gasteiger partial charge in [-0.05, 0) is 42.5 Å². The molecule has 1 aliphatic rings. The van der Waals surface area contributed by atoms with Crippen molar-refractivity contribution in [2.75, 3.05) is 17.3 Å². The third-order valence-electron chi connectivity index (χ3n) is 4.86. The number of aryl methyl sites for hydroxylation is 1. The van der Waals surface area contributed by atoms with Crippen molar-refractivity contribution >= 4 is 28.6 Å². The van der Waals surface area contributed by atoms with Gasteiger partial charge in [-0.2, -0.15) is 0 Å². The minimum absolute atomic E-state index is 0.198. The predicted molar refractivity (Wildman–Crippen MR) is 95.8 cm³/mol. The van der Waals surface area contributed by atoms with Gasteiger partial charge >= 0.3 is 5.69 Å². The molecule has 0 spiro atoms. The topological polar surface area (TPSA) is 114 Å². The Labute approximate surface area is 148 Å². The maximum atomic E-state index is 12.9. The van der Waals surface area contributed by atoms with Crippen molar-refractivity contribution in [3.05, 3.63) is 40.0 Å². The molecule has 1 aliphatic heterocycles. The van der Waals surface area contributed by atoms with Crippen molar-refractivity contribution in [2.24, 2.45) is 7.05 Å². The fraction of sp³-hybridized carbons (Fsp3) is 0.312. The van der Waals surface area contributed by atoms with Gasteiger partial charge in [-0.1, -0.05) is 5.10 Å². The number of rotatable bonds is 2. The van der Waals surface area contributed by atoms with Gasteiger partial charge in [0.1, 0.15) is 0 Å². The third kappa shape index (κ3) is 2.22. The molecule has 1 aromatic carbocycles. The number of carbonyl (C=O) groups excluding carboxylic acids is 1. The van der Waals surface area contributed by atoms with Crippen molar-refractivity contribution in [3.63, 3.8) is 0 Å². The van der Waals surface area contributed by atoms with Gasteiger partial charge in [0.25, 0.3) is 5.91 Å². The molecule has 1 amide bonds. The second-order valence-corrected chi connectivity index (χ2v) is 6.33. The Bertz CT molecular complexity index is 1120. The molecule has 3 aromatic rings. The van der Waals surface area contributed by atoms with Gasteiger partial charge in [-0.25, -0.2) is 9.48 Å². The molecule has 2 N–H and O–H groups in total. The lowest BCUT2D eigenvalue weighted by Gasteiger charge is -2.30. The van der Waals surface area contributed by atoms with E-state index in [1.807, 2.05) is 20.9 Å². The van der Waals surface area contributed by atoms with E-state index in [1.54, 1.807) is 34.8 Å². The SMILES string of the molecule is CC1=C(C(=O)Nc2ccc3c(c2)[nH]c(=O)n3C)[C@@H](C)n2nnnc2N1C. The van der Waals surface area contributed by atoms with Crippen LogP contribution in [-0.2, 0) is 11.8 Å². The highest BCUT2D eigenvalue weighted by atomic mass is 16.2. The van der Waals surface area contributed by atoms with Crippen molar-refractivity contribution in [1.29, 1.82) is 0 Å². The lowest BCUT2D eigenvalue weighted by molar-refractivity contribution is -0.113. The summed E-state index contributed by atoms with van der Waals surface area (Å²) in [4.78, 5) is 29.2. The molecule has 4 rings (SSSR count). The first kappa shape index (κ1) is 16.1. The van der Waals surface area contributed by atoms with Gasteiger partial charge in [-0.15, -0.1) is 0 Å². The van der Waals surface area contributed by atoms with Crippen LogP contribution < -0.4 is 15.9 Å². The monoisotopic (exact) mass is 354 g/mol. The number of H-pyrrole nitrogens is 1. The van der Waals surface area contributed by atoms with Gasteiger partial charge in [0.15, 0.2) is 0 Å². The van der Waals surface area contributed by atoms with Gasteiger partial charge in [0.2, 0.25) is 5.95 Å². The zero-order valence-electron chi connectivity index (χ0n) is 14.8. The number of nitrogens with zero attached hydrogens (tertiary/aromatic N) is 6. The minimum atomic E-state index is -0.295. The number of amides is 1. The average Bonchev–Trinajstić information content (AvgIpc) is 3.19. The minimum Gasteiger partial charge on any atom is -0.322 e. The van der Waals surface area contributed by atoms with E-state index >= 15 is 0 Å². The molecule has 0 saturated heterocycles. The van der Waals surface area contributed by atoms with E-state index in [0.717, 1.165) is 11.2 Å². The van der Waals surface area contributed by atoms with Gasteiger partial charge in [-0.3, -0.25) is 9.36 Å². The molecule has 0 radical (unpaired) electrons. The van der Waals surface area contributed by atoms with Gasteiger partial charge in [0.05, 0.1) is 22.6 Å². The van der Waals surface area contributed by atoms with Crippen LogP contribution in [0, 0.1) is 0 Å². The molecule has 26 heavy (non-hydrogen) atoms.